The molecule has 0 radical (unpaired) electrons. The number of aliphatic hydroxyl groups is 3. The second kappa shape index (κ2) is 12.7. The zero-order valence-electron chi connectivity index (χ0n) is 23.1. The third-order valence-electron chi connectivity index (χ3n) is 6.87. The largest absolute Gasteiger partial charge is 0.508 e. The molecule has 1 fully saturated rings. The fourth-order valence-corrected chi connectivity index (χ4v) is 4.54. The van der Waals surface area contributed by atoms with Crippen molar-refractivity contribution in [3.8, 4) is 40.1 Å². The molecule has 5 rings (SSSR count). The fraction of sp³-hybridized carbons (Fsp3) is 0.226. The maximum absolute atomic E-state index is 13.6. The van der Waals surface area contributed by atoms with Crippen molar-refractivity contribution in [2.75, 3.05) is 13.7 Å². The minimum atomic E-state index is -1.88. The van der Waals surface area contributed by atoms with Crippen molar-refractivity contribution in [3.63, 3.8) is 0 Å². The molecule has 2 heterocycles. The standard InChI is InChI=1S/C31H28O13/c1-40-19-9-5-16(6-10-19)29-30(26(37)24-20(34)12-18(33)13-21(24)42-29)44-31-28(39)27(38)25(36)22(43-31)14-41-23(35)11-4-15-2-7-17(32)8-3-15/h2-13,22,25,27-28,31-34,36,38-39H,14H2,1H3. The van der Waals surface area contributed by atoms with Crippen LogP contribution in [0.2, 0.25) is 0 Å². The highest BCUT2D eigenvalue weighted by Crippen LogP contribution is 2.37. The lowest BCUT2D eigenvalue weighted by Gasteiger charge is -2.39. The second-order valence-corrected chi connectivity index (χ2v) is 9.84. The molecule has 0 amide bonds. The Morgan fingerprint density at radius 2 is 1.61 bits per heavy atom. The van der Waals surface area contributed by atoms with Gasteiger partial charge < -0.3 is 54.0 Å². The van der Waals surface area contributed by atoms with Crippen LogP contribution >= 0.6 is 0 Å². The van der Waals surface area contributed by atoms with Crippen LogP contribution in [0.15, 0.2) is 76.0 Å². The van der Waals surface area contributed by atoms with Gasteiger partial charge in [0.1, 0.15) is 65.0 Å². The number of aromatic hydroxyl groups is 3. The normalized spacial score (nSPS) is 21.8. The Morgan fingerprint density at radius 3 is 2.30 bits per heavy atom. The molecular formula is C31H28O13. The van der Waals surface area contributed by atoms with Gasteiger partial charge in [0.15, 0.2) is 5.76 Å². The van der Waals surface area contributed by atoms with E-state index in [0.29, 0.717) is 16.9 Å². The summed E-state index contributed by atoms with van der Waals surface area (Å²) < 4.78 is 27.6. The Labute approximate surface area is 249 Å². The Balaban J connectivity index is 1.42. The van der Waals surface area contributed by atoms with E-state index >= 15 is 0 Å². The molecule has 0 saturated carbocycles. The number of esters is 1. The summed E-state index contributed by atoms with van der Waals surface area (Å²) in [6.07, 6.45) is -6.06. The van der Waals surface area contributed by atoms with E-state index in [1.54, 1.807) is 36.4 Å². The number of rotatable bonds is 8. The van der Waals surface area contributed by atoms with Crippen LogP contribution in [0.25, 0.3) is 28.4 Å². The van der Waals surface area contributed by atoms with Gasteiger partial charge in [-0.2, -0.15) is 0 Å². The lowest BCUT2D eigenvalue weighted by Crippen LogP contribution is -2.60. The molecule has 1 aromatic heterocycles. The minimum absolute atomic E-state index is 0.0550. The van der Waals surface area contributed by atoms with Crippen molar-refractivity contribution >= 4 is 23.0 Å². The van der Waals surface area contributed by atoms with E-state index in [4.69, 9.17) is 23.4 Å². The van der Waals surface area contributed by atoms with Gasteiger partial charge >= 0.3 is 5.97 Å². The Hall–Kier alpha value is -5.08. The molecule has 5 unspecified atom stereocenters. The molecule has 0 spiro atoms. The summed E-state index contributed by atoms with van der Waals surface area (Å²) in [6.45, 7) is -0.568. The van der Waals surface area contributed by atoms with Gasteiger partial charge in [0.25, 0.3) is 0 Å². The van der Waals surface area contributed by atoms with Crippen LogP contribution in [0.4, 0.5) is 0 Å². The summed E-state index contributed by atoms with van der Waals surface area (Å²) in [5.41, 5.74) is -0.159. The smallest absolute Gasteiger partial charge is 0.330 e. The molecule has 230 valence electrons. The highest BCUT2D eigenvalue weighted by atomic mass is 16.7. The average Bonchev–Trinajstić information content (AvgIpc) is 3.01. The number of benzene rings is 3. The SMILES string of the molecule is COc1ccc(-c2oc3cc(O)cc(O)c3c(=O)c2OC2OC(COC(=O)C=Cc3ccc(O)cc3)C(O)C(O)C2O)cc1. The van der Waals surface area contributed by atoms with Crippen LogP contribution in [0.3, 0.4) is 0 Å². The van der Waals surface area contributed by atoms with Crippen LogP contribution in [0.5, 0.6) is 28.7 Å². The number of methoxy groups -OCH3 is 1. The van der Waals surface area contributed by atoms with Crippen molar-refractivity contribution in [1.82, 2.24) is 0 Å². The van der Waals surface area contributed by atoms with Gasteiger partial charge in [-0.3, -0.25) is 4.79 Å². The number of phenols is 3. The van der Waals surface area contributed by atoms with E-state index in [0.717, 1.165) is 18.2 Å². The van der Waals surface area contributed by atoms with E-state index in [9.17, 15) is 40.2 Å². The van der Waals surface area contributed by atoms with E-state index in [-0.39, 0.29) is 28.2 Å². The first-order valence-corrected chi connectivity index (χ1v) is 13.2. The van der Waals surface area contributed by atoms with Crippen molar-refractivity contribution in [2.45, 2.75) is 30.7 Å². The van der Waals surface area contributed by atoms with Gasteiger partial charge in [0, 0.05) is 23.8 Å². The summed E-state index contributed by atoms with van der Waals surface area (Å²) in [5, 5.41) is 61.1. The maximum Gasteiger partial charge on any atom is 0.330 e. The first-order chi connectivity index (χ1) is 21.0. The zero-order valence-corrected chi connectivity index (χ0v) is 23.1. The summed E-state index contributed by atoms with van der Waals surface area (Å²) in [5.74, 6) is -1.94. The molecular weight excluding hydrogens is 580 g/mol. The molecule has 3 aromatic carbocycles. The first-order valence-electron chi connectivity index (χ1n) is 13.2. The Bertz CT molecular complexity index is 1730. The van der Waals surface area contributed by atoms with Crippen molar-refractivity contribution in [1.29, 1.82) is 0 Å². The number of phenolic OH excluding ortho intramolecular Hbond substituents is 3. The number of carbonyl (C=O) groups is 1. The van der Waals surface area contributed by atoms with Crippen LogP contribution in [0.1, 0.15) is 5.56 Å². The van der Waals surface area contributed by atoms with Gasteiger partial charge in [0.2, 0.25) is 17.5 Å². The lowest BCUT2D eigenvalue weighted by atomic mass is 9.99. The molecule has 1 saturated heterocycles. The topological polar surface area (TPSA) is 206 Å². The summed E-state index contributed by atoms with van der Waals surface area (Å²) in [7, 11) is 1.46. The number of hydrogen-bond acceptors (Lipinski definition) is 13. The molecule has 1 aliphatic rings. The van der Waals surface area contributed by atoms with Gasteiger partial charge in [0.05, 0.1) is 7.11 Å². The van der Waals surface area contributed by atoms with Crippen LogP contribution in [0, 0.1) is 0 Å². The minimum Gasteiger partial charge on any atom is -0.508 e. The predicted octanol–water partition coefficient (Wildman–Crippen LogP) is 2.03. The van der Waals surface area contributed by atoms with Crippen LogP contribution in [-0.2, 0) is 14.3 Å². The number of carbonyl (C=O) groups excluding carboxylic acids is 1. The number of ether oxygens (including phenoxy) is 4. The highest BCUT2D eigenvalue weighted by molar-refractivity contribution is 5.88. The molecule has 44 heavy (non-hydrogen) atoms. The monoisotopic (exact) mass is 608 g/mol. The molecule has 0 aliphatic carbocycles. The third-order valence-corrected chi connectivity index (χ3v) is 6.87. The number of hydrogen-bond donors (Lipinski definition) is 6. The van der Waals surface area contributed by atoms with Crippen LogP contribution < -0.4 is 14.9 Å². The van der Waals surface area contributed by atoms with E-state index in [2.05, 4.69) is 0 Å². The van der Waals surface area contributed by atoms with Gasteiger partial charge in [-0.25, -0.2) is 4.79 Å². The quantitative estimate of drug-likeness (QED) is 0.125. The number of fused-ring (bicyclic) bond motifs is 1. The molecule has 6 N–H and O–H groups in total. The molecule has 13 heteroatoms. The van der Waals surface area contributed by atoms with Gasteiger partial charge in [-0.1, -0.05) is 12.1 Å². The predicted molar refractivity (Wildman–Crippen MR) is 153 cm³/mol. The van der Waals surface area contributed by atoms with Crippen LogP contribution in [-0.4, -0.2) is 81.0 Å². The summed E-state index contributed by atoms with van der Waals surface area (Å²) in [4.78, 5) is 25.9. The molecule has 0 bridgehead atoms. The Kier molecular flexibility index (Phi) is 8.73. The van der Waals surface area contributed by atoms with Crippen molar-refractivity contribution in [2.24, 2.45) is 0 Å². The van der Waals surface area contributed by atoms with E-state index < -0.39 is 60.2 Å². The molecule has 4 aromatic rings. The van der Waals surface area contributed by atoms with E-state index in [1.165, 1.54) is 25.3 Å². The summed E-state index contributed by atoms with van der Waals surface area (Å²) in [6, 6.07) is 14.3. The average molecular weight is 609 g/mol. The summed E-state index contributed by atoms with van der Waals surface area (Å²) >= 11 is 0. The second-order valence-electron chi connectivity index (χ2n) is 9.84. The molecule has 13 nitrogen and oxygen atoms in total. The lowest BCUT2D eigenvalue weighted by molar-refractivity contribution is -0.278. The third kappa shape index (κ3) is 6.31. The highest BCUT2D eigenvalue weighted by Gasteiger charge is 2.46. The first kappa shape index (κ1) is 30.4. The van der Waals surface area contributed by atoms with Gasteiger partial charge in [-0.15, -0.1) is 0 Å². The fourth-order valence-electron chi connectivity index (χ4n) is 4.54. The molecule has 5 atom stereocenters. The maximum atomic E-state index is 13.6. The van der Waals surface area contributed by atoms with Crippen molar-refractivity contribution in [3.05, 3.63) is 82.5 Å². The number of aliphatic hydroxyl groups excluding tert-OH is 3. The Morgan fingerprint density at radius 1 is 0.909 bits per heavy atom. The molecule has 1 aliphatic heterocycles. The zero-order chi connectivity index (χ0) is 31.5. The van der Waals surface area contributed by atoms with E-state index in [1.807, 2.05) is 0 Å². The van der Waals surface area contributed by atoms with Gasteiger partial charge in [-0.05, 0) is 48.0 Å². The van der Waals surface area contributed by atoms with Crippen molar-refractivity contribution < 1.29 is 58.8 Å².